The highest BCUT2D eigenvalue weighted by atomic mass is 16.7. The highest BCUT2D eigenvalue weighted by Gasteiger charge is 2.35. The van der Waals surface area contributed by atoms with Crippen LogP contribution in [-0.4, -0.2) is 37.6 Å². The summed E-state index contributed by atoms with van der Waals surface area (Å²) in [4.78, 5) is 1.65. The number of rotatable bonds is 2. The Bertz CT molecular complexity index is 224. The number of nitrogens with one attached hydrogen (secondary N) is 1. The van der Waals surface area contributed by atoms with Gasteiger partial charge in [0.25, 0.3) is 0 Å². The molecule has 2 fully saturated rings. The van der Waals surface area contributed by atoms with Gasteiger partial charge in [0.05, 0.1) is 24.8 Å². The van der Waals surface area contributed by atoms with Crippen LogP contribution in [0, 0.1) is 0 Å². The molecule has 0 aromatic heterocycles. The van der Waals surface area contributed by atoms with E-state index in [0.717, 1.165) is 13.0 Å². The van der Waals surface area contributed by atoms with E-state index in [4.69, 9.17) is 9.47 Å². The van der Waals surface area contributed by atoms with Gasteiger partial charge in [-0.05, 0) is 40.0 Å². The van der Waals surface area contributed by atoms with Crippen LogP contribution in [0.4, 0.5) is 0 Å². The Hall–Kier alpha value is -0.120. The number of hydrogen-bond donors (Lipinski definition) is 1. The number of piperidine rings is 1. The lowest BCUT2D eigenvalue weighted by Crippen LogP contribution is -3.14. The first kappa shape index (κ1) is 12.3. The number of likely N-dealkylation sites (tertiary alicyclic amines) is 1. The third-order valence-electron chi connectivity index (χ3n) is 3.63. The molecule has 0 amide bonds. The predicted octanol–water partition coefficient (Wildman–Crippen LogP) is 0.985. The second-order valence-electron chi connectivity index (χ2n) is 5.97. The molecular weight excluding hydrogens is 202 g/mol. The van der Waals surface area contributed by atoms with E-state index in [9.17, 15) is 0 Å². The lowest BCUT2D eigenvalue weighted by Gasteiger charge is -2.40. The van der Waals surface area contributed by atoms with Crippen LogP contribution in [-0.2, 0) is 9.47 Å². The van der Waals surface area contributed by atoms with E-state index in [1.165, 1.54) is 32.4 Å². The highest BCUT2D eigenvalue weighted by Crippen LogP contribution is 2.26. The molecule has 1 N–H and O–H groups in total. The molecule has 2 aliphatic heterocycles. The van der Waals surface area contributed by atoms with Crippen LogP contribution in [0.3, 0.4) is 0 Å². The third kappa shape index (κ3) is 3.44. The molecule has 0 saturated carbocycles. The van der Waals surface area contributed by atoms with Crippen LogP contribution in [0.25, 0.3) is 0 Å². The fraction of sp³-hybridized carbons (Fsp3) is 1.00. The molecule has 94 valence electrons. The maximum absolute atomic E-state index is 6.00. The molecule has 2 saturated heterocycles. The molecule has 0 bridgehead atoms. The Morgan fingerprint density at radius 2 is 1.88 bits per heavy atom. The number of ether oxygens (including phenoxy) is 2. The van der Waals surface area contributed by atoms with Gasteiger partial charge in [-0.15, -0.1) is 0 Å². The van der Waals surface area contributed by atoms with Crippen LogP contribution in [0.15, 0.2) is 0 Å². The fourth-order valence-electron chi connectivity index (χ4n) is 3.01. The van der Waals surface area contributed by atoms with Crippen molar-refractivity contribution in [3.05, 3.63) is 0 Å². The number of quaternary nitrogens is 1. The normalized spacial score (nSPS) is 36.2. The van der Waals surface area contributed by atoms with Gasteiger partial charge in [0, 0.05) is 6.42 Å². The van der Waals surface area contributed by atoms with Gasteiger partial charge in [0.2, 0.25) is 6.29 Å². The van der Waals surface area contributed by atoms with Gasteiger partial charge in [-0.25, -0.2) is 0 Å². The van der Waals surface area contributed by atoms with Crippen molar-refractivity contribution in [2.75, 3.05) is 19.6 Å². The van der Waals surface area contributed by atoms with Gasteiger partial charge in [-0.1, -0.05) is 0 Å². The number of hydrogen-bond acceptors (Lipinski definition) is 2. The summed E-state index contributed by atoms with van der Waals surface area (Å²) in [5.74, 6) is 0. The molecule has 2 atom stereocenters. The maximum atomic E-state index is 6.00. The molecule has 0 radical (unpaired) electrons. The summed E-state index contributed by atoms with van der Waals surface area (Å²) in [6, 6.07) is 0. The second-order valence-corrected chi connectivity index (χ2v) is 5.97. The summed E-state index contributed by atoms with van der Waals surface area (Å²) >= 11 is 0. The third-order valence-corrected chi connectivity index (χ3v) is 3.63. The summed E-state index contributed by atoms with van der Waals surface area (Å²) in [6.07, 6.45) is 5.46. The maximum Gasteiger partial charge on any atom is 0.208 e. The van der Waals surface area contributed by atoms with Crippen LogP contribution >= 0.6 is 0 Å². The topological polar surface area (TPSA) is 22.9 Å². The lowest BCUT2D eigenvalue weighted by atomic mass is 10.00. The minimum Gasteiger partial charge on any atom is -0.344 e. The first-order valence-electron chi connectivity index (χ1n) is 6.72. The first-order chi connectivity index (χ1) is 7.55. The Morgan fingerprint density at radius 3 is 2.50 bits per heavy atom. The molecule has 2 aliphatic rings. The summed E-state index contributed by atoms with van der Waals surface area (Å²) in [5, 5.41) is 0. The minimum atomic E-state index is -0.0163. The summed E-state index contributed by atoms with van der Waals surface area (Å²) < 4.78 is 11.9. The van der Waals surface area contributed by atoms with Crippen molar-refractivity contribution in [1.82, 2.24) is 0 Å². The van der Waals surface area contributed by atoms with Gasteiger partial charge >= 0.3 is 0 Å². The molecule has 16 heavy (non-hydrogen) atoms. The summed E-state index contributed by atoms with van der Waals surface area (Å²) in [7, 11) is 0. The van der Waals surface area contributed by atoms with Crippen molar-refractivity contribution in [3.63, 3.8) is 0 Å². The van der Waals surface area contributed by atoms with E-state index >= 15 is 0 Å². The van der Waals surface area contributed by atoms with Gasteiger partial charge in [-0.2, -0.15) is 0 Å². The zero-order valence-electron chi connectivity index (χ0n) is 10.9. The van der Waals surface area contributed by atoms with E-state index in [1.807, 2.05) is 0 Å². The standard InChI is InChI=1S/C13H25NO2/c1-11-9-13(2,3)16-12(15-11)10-14-7-5-4-6-8-14/h11-12H,4-10H2,1-3H3/p+1/t11-,12+/m1/s1. The molecular formula is C13H26NO2+. The molecule has 3 heteroatoms. The van der Waals surface area contributed by atoms with Crippen molar-refractivity contribution in [1.29, 1.82) is 0 Å². The van der Waals surface area contributed by atoms with Crippen molar-refractivity contribution in [3.8, 4) is 0 Å². The van der Waals surface area contributed by atoms with Gasteiger partial charge in [-0.3, -0.25) is 0 Å². The van der Waals surface area contributed by atoms with Crippen molar-refractivity contribution < 1.29 is 14.4 Å². The van der Waals surface area contributed by atoms with Crippen molar-refractivity contribution >= 4 is 0 Å². The van der Waals surface area contributed by atoms with Gasteiger partial charge in [0.15, 0.2) is 0 Å². The smallest absolute Gasteiger partial charge is 0.208 e. The van der Waals surface area contributed by atoms with Gasteiger partial charge < -0.3 is 14.4 Å². The molecule has 0 aromatic carbocycles. The molecule has 2 heterocycles. The highest BCUT2D eigenvalue weighted by molar-refractivity contribution is 4.77. The molecule has 2 rings (SSSR count). The zero-order chi connectivity index (χ0) is 11.6. The van der Waals surface area contributed by atoms with E-state index in [1.54, 1.807) is 4.90 Å². The molecule has 0 aromatic rings. The van der Waals surface area contributed by atoms with E-state index < -0.39 is 0 Å². The van der Waals surface area contributed by atoms with Crippen LogP contribution in [0.1, 0.15) is 46.5 Å². The Morgan fingerprint density at radius 1 is 1.19 bits per heavy atom. The average Bonchev–Trinajstić information content (AvgIpc) is 2.15. The average molecular weight is 228 g/mol. The zero-order valence-corrected chi connectivity index (χ0v) is 10.9. The van der Waals surface area contributed by atoms with Crippen LogP contribution in [0.5, 0.6) is 0 Å². The fourth-order valence-corrected chi connectivity index (χ4v) is 3.01. The van der Waals surface area contributed by atoms with Crippen LogP contribution < -0.4 is 4.90 Å². The quantitative estimate of drug-likeness (QED) is 0.761. The largest absolute Gasteiger partial charge is 0.344 e. The SMILES string of the molecule is C[C@@H]1CC(C)(C)O[C@@H](C[NH+]2CCCCC2)O1. The van der Waals surface area contributed by atoms with Crippen molar-refractivity contribution in [2.24, 2.45) is 0 Å². The van der Waals surface area contributed by atoms with E-state index in [2.05, 4.69) is 20.8 Å². The van der Waals surface area contributed by atoms with Crippen LogP contribution in [0.2, 0.25) is 0 Å². The monoisotopic (exact) mass is 228 g/mol. The van der Waals surface area contributed by atoms with E-state index in [0.29, 0.717) is 6.10 Å². The minimum absolute atomic E-state index is 0.00634. The van der Waals surface area contributed by atoms with E-state index in [-0.39, 0.29) is 11.9 Å². The van der Waals surface area contributed by atoms with Crippen molar-refractivity contribution in [2.45, 2.75) is 64.4 Å². The Kier molecular flexibility index (Phi) is 3.88. The molecule has 0 aliphatic carbocycles. The molecule has 0 unspecified atom stereocenters. The predicted molar refractivity (Wildman–Crippen MR) is 63.5 cm³/mol. The molecule has 0 spiro atoms. The Labute approximate surface area is 99.1 Å². The first-order valence-corrected chi connectivity index (χ1v) is 6.72. The Balaban J connectivity index is 1.84. The molecule has 3 nitrogen and oxygen atoms in total. The summed E-state index contributed by atoms with van der Waals surface area (Å²) in [5.41, 5.74) is -0.0163. The summed E-state index contributed by atoms with van der Waals surface area (Å²) in [6.45, 7) is 10.1. The lowest BCUT2D eigenvalue weighted by molar-refractivity contribution is -0.911. The second kappa shape index (κ2) is 5.03. The van der Waals surface area contributed by atoms with Gasteiger partial charge in [0.1, 0.15) is 6.54 Å².